The molecule has 3 aliphatic rings. The lowest BCUT2D eigenvalue weighted by Crippen LogP contribution is -2.33. The zero-order valence-corrected chi connectivity index (χ0v) is 20.7. The van der Waals surface area contributed by atoms with Gasteiger partial charge in [-0.2, -0.15) is 21.0 Å². The van der Waals surface area contributed by atoms with E-state index in [1.54, 1.807) is 0 Å². The summed E-state index contributed by atoms with van der Waals surface area (Å²) in [7, 11) is 0. The minimum absolute atomic E-state index is 0.0382. The van der Waals surface area contributed by atoms with E-state index in [2.05, 4.69) is 92.4 Å². The number of fused-ring (bicyclic) bond motifs is 2. The number of hydrogen-bond acceptors (Lipinski definition) is 5. The summed E-state index contributed by atoms with van der Waals surface area (Å²) in [5.41, 5.74) is 7.73. The molecule has 1 atom stereocenters. The van der Waals surface area contributed by atoms with Crippen molar-refractivity contribution in [1.82, 2.24) is 0 Å². The van der Waals surface area contributed by atoms with Crippen LogP contribution in [-0.4, -0.2) is 0 Å². The number of benzene rings is 3. The Morgan fingerprint density at radius 3 is 2.11 bits per heavy atom. The molecule has 0 radical (unpaired) electrons. The Balaban J connectivity index is 1.84. The van der Waals surface area contributed by atoms with Gasteiger partial charge in [0.15, 0.2) is 0 Å². The lowest BCUT2D eigenvalue weighted by atomic mass is 9.73. The summed E-state index contributed by atoms with van der Waals surface area (Å²) in [5.74, 6) is -1.36. The highest BCUT2D eigenvalue weighted by atomic mass is 15.2. The van der Waals surface area contributed by atoms with Crippen LogP contribution >= 0.6 is 0 Å². The average molecular weight is 476 g/mol. The van der Waals surface area contributed by atoms with E-state index < -0.39 is 11.8 Å². The monoisotopic (exact) mass is 475 g/mol. The van der Waals surface area contributed by atoms with Crippen molar-refractivity contribution < 1.29 is 0 Å². The SMILES string of the molecule is CC(C)(C)c1cc2c3c(c1)C(C(C#N)C#N)C=C1c4cccc5cccc(c45)C(=CC2=C(C#N)C#N)N13. The predicted octanol–water partition coefficient (Wildman–Crippen LogP) is 6.91. The third-order valence-corrected chi connectivity index (χ3v) is 7.57. The molecule has 3 aliphatic heterocycles. The van der Waals surface area contributed by atoms with E-state index in [4.69, 9.17) is 0 Å². The van der Waals surface area contributed by atoms with Gasteiger partial charge in [0, 0.05) is 33.6 Å². The second-order valence-corrected chi connectivity index (χ2v) is 10.6. The molecule has 174 valence electrons. The molecule has 3 heterocycles. The van der Waals surface area contributed by atoms with E-state index in [0.717, 1.165) is 55.7 Å². The standard InChI is InChI=1S/C32H21N5/c1-32(2,3)21-10-26-24(19(14-33)15-34)12-28-22-8-4-6-18-7-5-9-23(30(18)22)29-13-25(20(16-35)17-36)27(11-21)31(26)37(28)29/h4-13,19,24H,1-3H3. The van der Waals surface area contributed by atoms with Crippen LogP contribution < -0.4 is 4.90 Å². The fraction of sp³-hybridized carbons (Fsp3) is 0.188. The van der Waals surface area contributed by atoms with Crippen LogP contribution in [0.1, 0.15) is 54.5 Å². The molecule has 0 bridgehead atoms. The van der Waals surface area contributed by atoms with Gasteiger partial charge >= 0.3 is 0 Å². The van der Waals surface area contributed by atoms with Crippen molar-refractivity contribution in [3.8, 4) is 24.3 Å². The molecule has 5 heteroatoms. The predicted molar refractivity (Wildman–Crippen MR) is 143 cm³/mol. The van der Waals surface area contributed by atoms with Crippen LogP contribution in [-0.2, 0) is 5.41 Å². The molecule has 0 aromatic heterocycles. The first-order chi connectivity index (χ1) is 17.8. The van der Waals surface area contributed by atoms with Crippen LogP contribution in [0.25, 0.3) is 27.7 Å². The van der Waals surface area contributed by atoms with E-state index in [1.807, 2.05) is 18.2 Å². The highest BCUT2D eigenvalue weighted by molar-refractivity contribution is 6.18. The molecule has 5 nitrogen and oxygen atoms in total. The fourth-order valence-corrected chi connectivity index (χ4v) is 5.78. The van der Waals surface area contributed by atoms with Crippen LogP contribution in [0.15, 0.2) is 66.3 Å². The minimum Gasteiger partial charge on any atom is -0.309 e. The Morgan fingerprint density at radius 1 is 0.865 bits per heavy atom. The number of rotatable bonds is 1. The maximum atomic E-state index is 9.97. The number of hydrogen-bond donors (Lipinski definition) is 0. The van der Waals surface area contributed by atoms with Crippen LogP contribution in [0.3, 0.4) is 0 Å². The number of nitrogens with zero attached hydrogens (tertiary/aromatic N) is 5. The lowest BCUT2D eigenvalue weighted by Gasteiger charge is -2.45. The Labute approximate surface area is 215 Å². The van der Waals surface area contributed by atoms with Gasteiger partial charge in [0.2, 0.25) is 0 Å². The Bertz CT molecular complexity index is 1780. The van der Waals surface area contributed by atoms with Crippen molar-refractivity contribution in [3.05, 3.63) is 94.1 Å². The second-order valence-electron chi connectivity index (χ2n) is 10.6. The van der Waals surface area contributed by atoms with Gasteiger partial charge in [-0.15, -0.1) is 0 Å². The number of nitriles is 4. The average Bonchev–Trinajstić information content (AvgIpc) is 2.90. The van der Waals surface area contributed by atoms with E-state index in [9.17, 15) is 21.0 Å². The molecule has 0 fully saturated rings. The summed E-state index contributed by atoms with van der Waals surface area (Å²) < 4.78 is 0. The molecule has 3 aromatic carbocycles. The quantitative estimate of drug-likeness (QED) is 0.356. The molecule has 0 saturated heterocycles. The highest BCUT2D eigenvalue weighted by Crippen LogP contribution is 2.57. The Kier molecular flexibility index (Phi) is 4.65. The van der Waals surface area contributed by atoms with E-state index in [1.165, 1.54) is 0 Å². The van der Waals surface area contributed by atoms with Crippen LogP contribution in [0, 0.1) is 51.2 Å². The zero-order chi connectivity index (χ0) is 26.1. The summed E-state index contributed by atoms with van der Waals surface area (Å²) in [5, 5.41) is 41.9. The van der Waals surface area contributed by atoms with Crippen molar-refractivity contribution >= 4 is 33.4 Å². The molecule has 37 heavy (non-hydrogen) atoms. The maximum Gasteiger partial charge on any atom is 0.143 e. The molecule has 0 N–H and O–H groups in total. The topological polar surface area (TPSA) is 98.4 Å². The molecule has 1 unspecified atom stereocenters. The maximum absolute atomic E-state index is 9.97. The number of anilines is 1. The third kappa shape index (κ3) is 2.99. The summed E-state index contributed by atoms with van der Waals surface area (Å²) in [6, 6.07) is 25.1. The lowest BCUT2D eigenvalue weighted by molar-refractivity contribution is 0.587. The van der Waals surface area contributed by atoms with E-state index >= 15 is 0 Å². The summed E-state index contributed by atoms with van der Waals surface area (Å²) in [6.07, 6.45) is 4.00. The van der Waals surface area contributed by atoms with Crippen LogP contribution in [0.4, 0.5) is 5.69 Å². The summed E-state index contributed by atoms with van der Waals surface area (Å²) in [6.45, 7) is 6.31. The van der Waals surface area contributed by atoms with Crippen molar-refractivity contribution in [2.75, 3.05) is 4.90 Å². The summed E-state index contributed by atoms with van der Waals surface area (Å²) >= 11 is 0. The smallest absolute Gasteiger partial charge is 0.143 e. The Hall–Kier alpha value is -5.10. The van der Waals surface area contributed by atoms with Crippen molar-refractivity contribution in [2.45, 2.75) is 32.1 Å². The van der Waals surface area contributed by atoms with Crippen LogP contribution in [0.5, 0.6) is 0 Å². The van der Waals surface area contributed by atoms with Crippen molar-refractivity contribution in [3.63, 3.8) is 0 Å². The van der Waals surface area contributed by atoms with Gasteiger partial charge in [0.25, 0.3) is 0 Å². The van der Waals surface area contributed by atoms with Crippen molar-refractivity contribution in [2.24, 2.45) is 5.92 Å². The minimum atomic E-state index is -0.890. The van der Waals surface area contributed by atoms with Gasteiger partial charge in [0.05, 0.1) is 29.2 Å². The normalized spacial score (nSPS) is 16.6. The van der Waals surface area contributed by atoms with Gasteiger partial charge < -0.3 is 4.90 Å². The second kappa shape index (κ2) is 7.70. The largest absolute Gasteiger partial charge is 0.309 e. The molecular weight excluding hydrogens is 454 g/mol. The number of allylic oxidation sites excluding steroid dienone is 4. The molecular formula is C32H21N5. The Morgan fingerprint density at radius 2 is 1.51 bits per heavy atom. The first-order valence-corrected chi connectivity index (χ1v) is 12.1. The fourth-order valence-electron chi connectivity index (χ4n) is 5.78. The van der Waals surface area contributed by atoms with Gasteiger partial charge in [-0.3, -0.25) is 0 Å². The van der Waals surface area contributed by atoms with Crippen molar-refractivity contribution in [1.29, 1.82) is 21.0 Å². The molecule has 0 spiro atoms. The summed E-state index contributed by atoms with van der Waals surface area (Å²) in [4.78, 5) is 2.19. The van der Waals surface area contributed by atoms with Gasteiger partial charge in [-0.05, 0) is 40.1 Å². The zero-order valence-electron chi connectivity index (χ0n) is 20.7. The van der Waals surface area contributed by atoms with Crippen LogP contribution in [0.2, 0.25) is 0 Å². The molecule has 0 aliphatic carbocycles. The highest BCUT2D eigenvalue weighted by Gasteiger charge is 2.42. The molecule has 0 saturated carbocycles. The van der Waals surface area contributed by atoms with E-state index in [-0.39, 0.29) is 11.0 Å². The van der Waals surface area contributed by atoms with E-state index in [0.29, 0.717) is 5.57 Å². The first kappa shape index (κ1) is 22.4. The molecule has 0 amide bonds. The molecule has 3 aromatic rings. The first-order valence-electron chi connectivity index (χ1n) is 12.1. The van der Waals surface area contributed by atoms with Gasteiger partial charge in [0.1, 0.15) is 23.6 Å². The molecule has 6 rings (SSSR count). The van der Waals surface area contributed by atoms with Gasteiger partial charge in [-0.1, -0.05) is 63.2 Å². The van der Waals surface area contributed by atoms with Gasteiger partial charge in [-0.25, -0.2) is 0 Å². The third-order valence-electron chi connectivity index (χ3n) is 7.57.